The van der Waals surface area contributed by atoms with Gasteiger partial charge in [0, 0.05) is 31.4 Å². The van der Waals surface area contributed by atoms with Crippen LogP contribution in [0.1, 0.15) is 31.4 Å². The molecule has 1 aromatic carbocycles. The first-order valence-corrected chi connectivity index (χ1v) is 9.56. The molecule has 1 atom stereocenters. The minimum absolute atomic E-state index is 0.154. The largest absolute Gasteiger partial charge is 0.387 e. The van der Waals surface area contributed by atoms with Gasteiger partial charge in [0.15, 0.2) is 0 Å². The van der Waals surface area contributed by atoms with E-state index in [1.165, 1.54) is 11.1 Å². The van der Waals surface area contributed by atoms with Crippen molar-refractivity contribution in [3.05, 3.63) is 35.4 Å². The van der Waals surface area contributed by atoms with E-state index < -0.39 is 5.60 Å². The van der Waals surface area contributed by atoms with E-state index in [9.17, 15) is 9.90 Å². The summed E-state index contributed by atoms with van der Waals surface area (Å²) < 4.78 is 5.18. The van der Waals surface area contributed by atoms with E-state index >= 15 is 0 Å². The molecule has 1 amide bonds. The number of hydrogen-bond acceptors (Lipinski definition) is 4. The van der Waals surface area contributed by atoms with Gasteiger partial charge in [-0.3, -0.25) is 4.79 Å². The molecule has 1 aliphatic heterocycles. The fraction of sp³-hybridized carbons (Fsp3) is 0.632. The van der Waals surface area contributed by atoms with E-state index in [4.69, 9.17) is 4.74 Å². The predicted molar refractivity (Wildman–Crippen MR) is 99.1 cm³/mol. The van der Waals surface area contributed by atoms with Crippen LogP contribution in [0.4, 0.5) is 0 Å². The normalized spacial score (nSPS) is 23.3. The first-order chi connectivity index (χ1) is 11.3. The van der Waals surface area contributed by atoms with Gasteiger partial charge in [0.25, 0.3) is 0 Å². The molecule has 2 rings (SSSR count). The molecule has 1 saturated heterocycles. The quantitative estimate of drug-likeness (QED) is 0.856. The molecule has 4 nitrogen and oxygen atoms in total. The number of carbonyl (C=O) groups is 1. The van der Waals surface area contributed by atoms with Gasteiger partial charge in [0.2, 0.25) is 5.91 Å². The van der Waals surface area contributed by atoms with Crippen LogP contribution >= 0.6 is 11.8 Å². The summed E-state index contributed by atoms with van der Waals surface area (Å²) in [7, 11) is 1.60. The van der Waals surface area contributed by atoms with Gasteiger partial charge >= 0.3 is 0 Å². The van der Waals surface area contributed by atoms with Gasteiger partial charge in [-0.05, 0) is 24.5 Å². The number of aryl methyl sites for hydroxylation is 1. The van der Waals surface area contributed by atoms with Gasteiger partial charge < -0.3 is 14.7 Å². The minimum Gasteiger partial charge on any atom is -0.387 e. The molecule has 1 heterocycles. The third-order valence-corrected chi connectivity index (χ3v) is 6.09. The SMILES string of the molecule is COC[C@]1(O)CCN(C(=O)CSCc2ccccc2C)CC1(C)C. The Balaban J connectivity index is 1.87. The molecule has 1 aromatic rings. The van der Waals surface area contributed by atoms with Crippen LogP contribution in [0.5, 0.6) is 0 Å². The number of piperidine rings is 1. The van der Waals surface area contributed by atoms with Crippen molar-refractivity contribution in [3.63, 3.8) is 0 Å². The molecular formula is C19H29NO3S. The lowest BCUT2D eigenvalue weighted by molar-refractivity contribution is -0.162. The molecule has 0 saturated carbocycles. The first-order valence-electron chi connectivity index (χ1n) is 8.40. The standard InChI is InChI=1S/C19H29NO3S/c1-15-7-5-6-8-16(15)11-24-12-17(21)20-10-9-19(22,14-23-4)18(2,3)13-20/h5-8,22H,9-14H2,1-4H3/t19-/m1/s1. The maximum atomic E-state index is 12.5. The Kier molecular flexibility index (Phi) is 6.34. The Hall–Kier alpha value is -1.04. The molecule has 1 N–H and O–H groups in total. The Morgan fingerprint density at radius 2 is 2.08 bits per heavy atom. The fourth-order valence-electron chi connectivity index (χ4n) is 3.19. The predicted octanol–water partition coefficient (Wildman–Crippen LogP) is 2.86. The number of likely N-dealkylation sites (tertiary alicyclic amines) is 1. The molecule has 0 bridgehead atoms. The van der Waals surface area contributed by atoms with Crippen LogP contribution in [-0.2, 0) is 15.3 Å². The Labute approximate surface area is 149 Å². The second kappa shape index (κ2) is 7.89. The molecule has 0 unspecified atom stereocenters. The van der Waals surface area contributed by atoms with Gasteiger partial charge in [-0.25, -0.2) is 0 Å². The van der Waals surface area contributed by atoms with E-state index in [0.717, 1.165) is 5.75 Å². The van der Waals surface area contributed by atoms with Crippen LogP contribution < -0.4 is 0 Å². The summed E-state index contributed by atoms with van der Waals surface area (Å²) in [5, 5.41) is 10.8. The number of carbonyl (C=O) groups excluding carboxylic acids is 1. The van der Waals surface area contributed by atoms with Gasteiger partial charge in [-0.15, -0.1) is 11.8 Å². The van der Waals surface area contributed by atoms with Crippen molar-refractivity contribution in [2.45, 2.75) is 38.5 Å². The van der Waals surface area contributed by atoms with E-state index in [2.05, 4.69) is 19.1 Å². The molecular weight excluding hydrogens is 322 g/mol. The number of methoxy groups -OCH3 is 1. The molecule has 1 aliphatic rings. The van der Waals surface area contributed by atoms with Crippen LogP contribution in [-0.4, -0.2) is 54.1 Å². The lowest BCUT2D eigenvalue weighted by Crippen LogP contribution is -2.60. The molecule has 1 fully saturated rings. The molecule has 134 valence electrons. The second-order valence-corrected chi connectivity index (χ2v) is 8.32. The Bertz CT molecular complexity index is 575. The van der Waals surface area contributed by atoms with Crippen molar-refractivity contribution in [3.8, 4) is 0 Å². The number of benzene rings is 1. The minimum atomic E-state index is -0.868. The highest BCUT2D eigenvalue weighted by Crippen LogP contribution is 2.39. The van der Waals surface area contributed by atoms with E-state index in [1.807, 2.05) is 30.9 Å². The highest BCUT2D eigenvalue weighted by molar-refractivity contribution is 7.99. The number of ether oxygens (including phenoxy) is 1. The third kappa shape index (κ3) is 4.32. The van der Waals surface area contributed by atoms with Crippen LogP contribution in [0.3, 0.4) is 0 Å². The molecule has 0 radical (unpaired) electrons. The zero-order valence-electron chi connectivity index (χ0n) is 15.2. The van der Waals surface area contributed by atoms with Crippen molar-refractivity contribution in [1.82, 2.24) is 4.90 Å². The lowest BCUT2D eigenvalue weighted by atomic mass is 9.70. The van der Waals surface area contributed by atoms with Crippen LogP contribution in [0, 0.1) is 12.3 Å². The maximum Gasteiger partial charge on any atom is 0.232 e. The number of nitrogens with zero attached hydrogens (tertiary/aromatic N) is 1. The monoisotopic (exact) mass is 351 g/mol. The molecule has 0 spiro atoms. The van der Waals surface area contributed by atoms with E-state index in [1.54, 1.807) is 18.9 Å². The average molecular weight is 352 g/mol. The molecule has 24 heavy (non-hydrogen) atoms. The van der Waals surface area contributed by atoms with Crippen molar-refractivity contribution in [2.24, 2.45) is 5.41 Å². The summed E-state index contributed by atoms with van der Waals surface area (Å²) in [6.45, 7) is 7.58. The Morgan fingerprint density at radius 1 is 1.38 bits per heavy atom. The lowest BCUT2D eigenvalue weighted by Gasteiger charge is -2.49. The van der Waals surface area contributed by atoms with Crippen molar-refractivity contribution >= 4 is 17.7 Å². The number of rotatable bonds is 6. The number of hydrogen-bond donors (Lipinski definition) is 1. The van der Waals surface area contributed by atoms with Gasteiger partial charge in [0.05, 0.1) is 18.0 Å². The first kappa shape index (κ1) is 19.3. The van der Waals surface area contributed by atoms with Crippen molar-refractivity contribution < 1.29 is 14.6 Å². The summed E-state index contributed by atoms with van der Waals surface area (Å²) in [5.74, 6) is 1.48. The zero-order chi connectivity index (χ0) is 17.8. The number of thioether (sulfide) groups is 1. The third-order valence-electron chi connectivity index (χ3n) is 5.12. The van der Waals surface area contributed by atoms with Gasteiger partial charge in [-0.1, -0.05) is 38.1 Å². The highest BCUT2D eigenvalue weighted by Gasteiger charge is 2.48. The van der Waals surface area contributed by atoms with Gasteiger partial charge in [0.1, 0.15) is 0 Å². The van der Waals surface area contributed by atoms with Crippen LogP contribution in [0.25, 0.3) is 0 Å². The highest BCUT2D eigenvalue weighted by atomic mass is 32.2. The fourth-order valence-corrected chi connectivity index (χ4v) is 4.20. The van der Waals surface area contributed by atoms with E-state index in [-0.39, 0.29) is 11.3 Å². The second-order valence-electron chi connectivity index (χ2n) is 7.33. The summed E-state index contributed by atoms with van der Waals surface area (Å²) in [6.07, 6.45) is 0.558. The average Bonchev–Trinajstić information content (AvgIpc) is 2.52. The zero-order valence-corrected chi connectivity index (χ0v) is 16.0. The number of amides is 1. The summed E-state index contributed by atoms with van der Waals surface area (Å²) >= 11 is 1.65. The molecule has 5 heteroatoms. The van der Waals surface area contributed by atoms with Crippen molar-refractivity contribution in [2.75, 3.05) is 32.6 Å². The summed E-state index contributed by atoms with van der Waals surface area (Å²) in [6, 6.07) is 8.28. The van der Waals surface area contributed by atoms with Crippen molar-refractivity contribution in [1.29, 1.82) is 0 Å². The molecule has 0 aliphatic carbocycles. The van der Waals surface area contributed by atoms with Gasteiger partial charge in [-0.2, -0.15) is 0 Å². The topological polar surface area (TPSA) is 49.8 Å². The summed E-state index contributed by atoms with van der Waals surface area (Å²) in [4.78, 5) is 14.4. The maximum absolute atomic E-state index is 12.5. The van der Waals surface area contributed by atoms with Crippen LogP contribution in [0.15, 0.2) is 24.3 Å². The molecule has 0 aromatic heterocycles. The van der Waals surface area contributed by atoms with E-state index in [0.29, 0.717) is 31.9 Å². The van der Waals surface area contributed by atoms with Crippen LogP contribution in [0.2, 0.25) is 0 Å². The number of aliphatic hydroxyl groups is 1. The Morgan fingerprint density at radius 3 is 2.71 bits per heavy atom. The smallest absolute Gasteiger partial charge is 0.232 e. The summed E-state index contributed by atoms with van der Waals surface area (Å²) in [5.41, 5.74) is 1.30.